The number of nitrogens with two attached hydrogens (primary N) is 1. The van der Waals surface area contributed by atoms with Crippen molar-refractivity contribution in [2.24, 2.45) is 11.7 Å². The van der Waals surface area contributed by atoms with Crippen LogP contribution in [0.15, 0.2) is 24.3 Å². The second-order valence-electron chi connectivity index (χ2n) is 4.62. The van der Waals surface area contributed by atoms with E-state index >= 15 is 0 Å². The summed E-state index contributed by atoms with van der Waals surface area (Å²) in [7, 11) is 0. The number of ether oxygens (including phenoxy) is 2. The second-order valence-corrected chi connectivity index (χ2v) is 4.62. The summed E-state index contributed by atoms with van der Waals surface area (Å²) in [6.45, 7) is 2.82. The summed E-state index contributed by atoms with van der Waals surface area (Å²) < 4.78 is 10.9. The third-order valence-corrected chi connectivity index (χ3v) is 3.13. The van der Waals surface area contributed by atoms with E-state index in [1.54, 1.807) is 0 Å². The van der Waals surface area contributed by atoms with Crippen molar-refractivity contribution in [3.8, 4) is 17.6 Å². The van der Waals surface area contributed by atoms with Crippen LogP contribution in [-0.4, -0.2) is 18.8 Å². The first-order chi connectivity index (χ1) is 8.68. The molecule has 0 aromatic heterocycles. The van der Waals surface area contributed by atoms with Gasteiger partial charge in [0.1, 0.15) is 23.6 Å². The maximum Gasteiger partial charge on any atom is 0.141 e. The lowest BCUT2D eigenvalue weighted by Crippen LogP contribution is -2.46. The Morgan fingerprint density at radius 2 is 1.83 bits per heavy atom. The van der Waals surface area contributed by atoms with E-state index in [0.29, 0.717) is 12.4 Å². The van der Waals surface area contributed by atoms with Crippen LogP contribution < -0.4 is 15.2 Å². The molecule has 1 aromatic carbocycles. The summed E-state index contributed by atoms with van der Waals surface area (Å²) >= 11 is 0. The second kappa shape index (κ2) is 5.28. The molecule has 0 aliphatic heterocycles. The molecule has 1 aliphatic rings. The zero-order valence-corrected chi connectivity index (χ0v) is 10.6. The molecular weight excluding hydrogens is 228 g/mol. The van der Waals surface area contributed by atoms with Crippen molar-refractivity contribution in [3.05, 3.63) is 24.3 Å². The zero-order chi connectivity index (χ0) is 13.0. The Labute approximate surface area is 107 Å². The molecule has 18 heavy (non-hydrogen) atoms. The highest BCUT2D eigenvalue weighted by atomic mass is 16.5. The summed E-state index contributed by atoms with van der Waals surface area (Å²) in [6.07, 6.45) is 2.05. The fourth-order valence-corrected chi connectivity index (χ4v) is 1.84. The monoisotopic (exact) mass is 246 g/mol. The van der Waals surface area contributed by atoms with Crippen LogP contribution in [0.3, 0.4) is 0 Å². The van der Waals surface area contributed by atoms with Crippen molar-refractivity contribution in [1.29, 1.82) is 5.26 Å². The van der Waals surface area contributed by atoms with E-state index in [-0.39, 0.29) is 12.5 Å². The molecule has 1 saturated carbocycles. The van der Waals surface area contributed by atoms with E-state index in [9.17, 15) is 0 Å². The van der Waals surface area contributed by atoms with Gasteiger partial charge in [-0.2, -0.15) is 5.26 Å². The van der Waals surface area contributed by atoms with Gasteiger partial charge in [-0.25, -0.2) is 0 Å². The fourth-order valence-electron chi connectivity index (χ4n) is 1.84. The molecule has 0 amide bonds. The third-order valence-electron chi connectivity index (χ3n) is 3.13. The van der Waals surface area contributed by atoms with Gasteiger partial charge in [0, 0.05) is 0 Å². The summed E-state index contributed by atoms with van der Waals surface area (Å²) in [4.78, 5) is 0. The lowest BCUT2D eigenvalue weighted by Gasteiger charge is -2.21. The maximum absolute atomic E-state index is 9.11. The Hall–Kier alpha value is -1.73. The first-order valence-electron chi connectivity index (χ1n) is 6.24. The van der Waals surface area contributed by atoms with Gasteiger partial charge in [0.15, 0.2) is 0 Å². The lowest BCUT2D eigenvalue weighted by atomic mass is 9.98. The largest absolute Gasteiger partial charge is 0.494 e. The Morgan fingerprint density at radius 3 is 2.28 bits per heavy atom. The van der Waals surface area contributed by atoms with Crippen molar-refractivity contribution in [1.82, 2.24) is 0 Å². The number of hydrogen-bond donors (Lipinski definition) is 1. The van der Waals surface area contributed by atoms with E-state index < -0.39 is 5.54 Å². The van der Waals surface area contributed by atoms with Crippen molar-refractivity contribution in [3.63, 3.8) is 0 Å². The van der Waals surface area contributed by atoms with Gasteiger partial charge < -0.3 is 15.2 Å². The summed E-state index contributed by atoms with van der Waals surface area (Å²) in [5.41, 5.74) is 5.17. The van der Waals surface area contributed by atoms with Crippen molar-refractivity contribution in [2.75, 3.05) is 13.2 Å². The van der Waals surface area contributed by atoms with Gasteiger partial charge in [-0.3, -0.25) is 0 Å². The minimum Gasteiger partial charge on any atom is -0.494 e. The highest BCUT2D eigenvalue weighted by molar-refractivity contribution is 5.31. The van der Waals surface area contributed by atoms with Crippen LogP contribution in [0.1, 0.15) is 19.8 Å². The minimum absolute atomic E-state index is 0.238. The van der Waals surface area contributed by atoms with E-state index in [4.69, 9.17) is 20.5 Å². The molecular formula is C14H18N2O2. The standard InChI is InChI=1S/C14H18N2O2/c1-2-17-12-5-7-13(8-6-12)18-10-14(16,9-15)11-3-4-11/h5-8,11H,2-4,10,16H2,1H3. The van der Waals surface area contributed by atoms with Gasteiger partial charge in [-0.15, -0.1) is 0 Å². The van der Waals surface area contributed by atoms with Crippen LogP contribution in [0.2, 0.25) is 0 Å². The molecule has 1 fully saturated rings. The molecule has 2 N–H and O–H groups in total. The van der Waals surface area contributed by atoms with Crippen LogP contribution in [-0.2, 0) is 0 Å². The molecule has 0 radical (unpaired) electrons. The average molecular weight is 246 g/mol. The molecule has 1 unspecified atom stereocenters. The van der Waals surface area contributed by atoms with Gasteiger partial charge in [0.25, 0.3) is 0 Å². The molecule has 0 bridgehead atoms. The number of hydrogen-bond acceptors (Lipinski definition) is 4. The van der Waals surface area contributed by atoms with Gasteiger partial charge in [-0.05, 0) is 49.9 Å². The molecule has 1 aromatic rings. The molecule has 4 nitrogen and oxygen atoms in total. The normalized spacial score (nSPS) is 17.6. The zero-order valence-electron chi connectivity index (χ0n) is 10.6. The summed E-state index contributed by atoms with van der Waals surface area (Å²) in [5.74, 6) is 1.81. The summed E-state index contributed by atoms with van der Waals surface area (Å²) in [5, 5.41) is 9.11. The van der Waals surface area contributed by atoms with E-state index in [1.807, 2.05) is 31.2 Å². The molecule has 1 aliphatic carbocycles. The first kappa shape index (κ1) is 12.7. The van der Waals surface area contributed by atoms with E-state index in [1.165, 1.54) is 0 Å². The quantitative estimate of drug-likeness (QED) is 0.834. The molecule has 4 heteroatoms. The van der Waals surface area contributed by atoms with Crippen molar-refractivity contribution >= 4 is 0 Å². The number of benzene rings is 1. The Morgan fingerprint density at radius 1 is 1.28 bits per heavy atom. The minimum atomic E-state index is -0.849. The maximum atomic E-state index is 9.11. The van der Waals surface area contributed by atoms with Crippen LogP contribution in [0, 0.1) is 17.2 Å². The number of nitrogens with zero attached hydrogens (tertiary/aromatic N) is 1. The highest BCUT2D eigenvalue weighted by Gasteiger charge is 2.43. The number of rotatable bonds is 6. The van der Waals surface area contributed by atoms with Gasteiger partial charge in [-0.1, -0.05) is 0 Å². The molecule has 2 rings (SSSR count). The summed E-state index contributed by atoms with van der Waals surface area (Å²) in [6, 6.07) is 9.52. The molecule has 0 heterocycles. The average Bonchev–Trinajstić information content (AvgIpc) is 3.23. The predicted molar refractivity (Wildman–Crippen MR) is 68.4 cm³/mol. The third kappa shape index (κ3) is 2.93. The molecule has 1 atom stereocenters. The van der Waals surface area contributed by atoms with Crippen LogP contribution >= 0.6 is 0 Å². The predicted octanol–water partition coefficient (Wildman–Crippen LogP) is 2.10. The smallest absolute Gasteiger partial charge is 0.141 e. The van der Waals surface area contributed by atoms with Crippen molar-refractivity contribution < 1.29 is 9.47 Å². The molecule has 96 valence electrons. The topological polar surface area (TPSA) is 68.3 Å². The van der Waals surface area contributed by atoms with Gasteiger partial charge in [0.05, 0.1) is 12.7 Å². The Balaban J connectivity index is 1.91. The lowest BCUT2D eigenvalue weighted by molar-refractivity contribution is 0.236. The first-order valence-corrected chi connectivity index (χ1v) is 6.24. The van der Waals surface area contributed by atoms with Crippen LogP contribution in [0.4, 0.5) is 0 Å². The van der Waals surface area contributed by atoms with E-state index in [0.717, 1.165) is 18.6 Å². The van der Waals surface area contributed by atoms with Crippen LogP contribution in [0.25, 0.3) is 0 Å². The van der Waals surface area contributed by atoms with Gasteiger partial charge >= 0.3 is 0 Å². The van der Waals surface area contributed by atoms with Gasteiger partial charge in [0.2, 0.25) is 0 Å². The Kier molecular flexibility index (Phi) is 3.73. The Bertz CT molecular complexity index is 434. The SMILES string of the molecule is CCOc1ccc(OCC(N)(C#N)C2CC2)cc1. The molecule has 0 spiro atoms. The fraction of sp³-hybridized carbons (Fsp3) is 0.500. The van der Waals surface area contributed by atoms with Crippen molar-refractivity contribution in [2.45, 2.75) is 25.3 Å². The number of nitriles is 1. The highest BCUT2D eigenvalue weighted by Crippen LogP contribution is 2.38. The van der Waals surface area contributed by atoms with Crippen LogP contribution in [0.5, 0.6) is 11.5 Å². The van der Waals surface area contributed by atoms with E-state index in [2.05, 4.69) is 6.07 Å². The molecule has 0 saturated heterocycles.